The van der Waals surface area contributed by atoms with Gasteiger partial charge in [-0.05, 0) is 99.3 Å². The van der Waals surface area contributed by atoms with Crippen molar-refractivity contribution < 1.29 is 4.74 Å². The van der Waals surface area contributed by atoms with Crippen molar-refractivity contribution in [3.8, 4) is 5.75 Å². The summed E-state index contributed by atoms with van der Waals surface area (Å²) in [6, 6.07) is 6.78. The molecule has 1 aromatic rings. The van der Waals surface area contributed by atoms with Gasteiger partial charge in [0.2, 0.25) is 0 Å². The Hall–Kier alpha value is -0.510. The lowest BCUT2D eigenvalue weighted by atomic mass is 9.56. The number of methoxy groups -OCH3 is 1. The second-order valence-corrected chi connectivity index (χ2v) is 8.39. The molecule has 1 fully saturated rings. The summed E-state index contributed by atoms with van der Waals surface area (Å²) in [5.74, 6) is 3.56. The first-order chi connectivity index (χ1) is 10.1. The molecule has 21 heavy (non-hydrogen) atoms. The molecule has 0 N–H and O–H groups in total. The quantitative estimate of drug-likeness (QED) is 0.573. The molecule has 0 spiro atoms. The second-order valence-electron chi connectivity index (χ2n) is 7.22. The van der Waals surface area contributed by atoms with E-state index in [1.807, 2.05) is 0 Å². The van der Waals surface area contributed by atoms with Crippen LogP contribution >= 0.6 is 22.6 Å². The molecule has 3 aliphatic carbocycles. The van der Waals surface area contributed by atoms with E-state index >= 15 is 0 Å². The highest BCUT2D eigenvalue weighted by molar-refractivity contribution is 14.1. The maximum atomic E-state index is 5.41. The van der Waals surface area contributed by atoms with E-state index in [9.17, 15) is 0 Å². The zero-order chi connectivity index (χ0) is 14.6. The standard InChI is InChI=1S/C19H23IO/c1-19-10-9-15-14-6-4-13(21-2)11-12(14)3-5-16(15)17(19)7-8-18(19)20/h4,6,8,11,15-17H,3,5,7,9-10H2,1-2H3/t15-,16+,17-,19+/m0/s1. The molecule has 1 saturated carbocycles. The summed E-state index contributed by atoms with van der Waals surface area (Å²) in [4.78, 5) is 0. The summed E-state index contributed by atoms with van der Waals surface area (Å²) in [5, 5.41) is 0. The van der Waals surface area contributed by atoms with E-state index in [1.165, 1.54) is 32.1 Å². The molecule has 0 heterocycles. The smallest absolute Gasteiger partial charge is 0.119 e. The number of hydrogen-bond acceptors (Lipinski definition) is 1. The number of halogens is 1. The number of rotatable bonds is 1. The molecule has 0 amide bonds. The molecule has 0 unspecified atom stereocenters. The molecule has 112 valence electrons. The van der Waals surface area contributed by atoms with Crippen LogP contribution in [0.1, 0.15) is 49.7 Å². The van der Waals surface area contributed by atoms with E-state index in [4.69, 9.17) is 4.74 Å². The third-order valence-electron chi connectivity index (χ3n) is 6.42. The van der Waals surface area contributed by atoms with Crippen molar-refractivity contribution in [3.05, 3.63) is 39.0 Å². The monoisotopic (exact) mass is 394 g/mol. The van der Waals surface area contributed by atoms with E-state index in [1.54, 1.807) is 21.8 Å². The second kappa shape index (κ2) is 5.00. The average Bonchev–Trinajstić information content (AvgIpc) is 2.82. The lowest BCUT2D eigenvalue weighted by molar-refractivity contribution is 0.0815. The zero-order valence-corrected chi connectivity index (χ0v) is 15.0. The summed E-state index contributed by atoms with van der Waals surface area (Å²) in [6.07, 6.45) is 9.13. The number of benzene rings is 1. The van der Waals surface area contributed by atoms with Gasteiger partial charge in [0.25, 0.3) is 0 Å². The number of fused-ring (bicyclic) bond motifs is 5. The largest absolute Gasteiger partial charge is 0.497 e. The Morgan fingerprint density at radius 1 is 1.29 bits per heavy atom. The Kier molecular flexibility index (Phi) is 3.36. The van der Waals surface area contributed by atoms with Crippen LogP contribution in [-0.4, -0.2) is 7.11 Å². The topological polar surface area (TPSA) is 9.23 Å². The lowest BCUT2D eigenvalue weighted by Gasteiger charge is -2.49. The van der Waals surface area contributed by atoms with Crippen LogP contribution in [0.3, 0.4) is 0 Å². The Balaban J connectivity index is 1.69. The van der Waals surface area contributed by atoms with Crippen molar-refractivity contribution in [1.82, 2.24) is 0 Å². The number of hydrogen-bond donors (Lipinski definition) is 0. The first kappa shape index (κ1) is 14.1. The molecule has 0 bridgehead atoms. The average molecular weight is 394 g/mol. The Labute approximate surface area is 141 Å². The highest BCUT2D eigenvalue weighted by atomic mass is 127. The van der Waals surface area contributed by atoms with Crippen LogP contribution in [0.4, 0.5) is 0 Å². The van der Waals surface area contributed by atoms with Gasteiger partial charge in [-0.3, -0.25) is 0 Å². The van der Waals surface area contributed by atoms with Crippen molar-refractivity contribution in [2.45, 2.75) is 44.9 Å². The van der Waals surface area contributed by atoms with Gasteiger partial charge in [-0.1, -0.05) is 19.1 Å². The van der Waals surface area contributed by atoms with Crippen molar-refractivity contribution >= 4 is 22.6 Å². The Morgan fingerprint density at radius 3 is 2.95 bits per heavy atom. The summed E-state index contributed by atoms with van der Waals surface area (Å²) >= 11 is 2.60. The zero-order valence-electron chi connectivity index (χ0n) is 12.9. The van der Waals surface area contributed by atoms with Crippen molar-refractivity contribution in [2.75, 3.05) is 7.11 Å². The maximum Gasteiger partial charge on any atom is 0.119 e. The van der Waals surface area contributed by atoms with Crippen LogP contribution in [0.2, 0.25) is 0 Å². The molecule has 0 aromatic heterocycles. The van der Waals surface area contributed by atoms with Crippen LogP contribution in [0.5, 0.6) is 5.75 Å². The van der Waals surface area contributed by atoms with E-state index in [-0.39, 0.29) is 0 Å². The summed E-state index contributed by atoms with van der Waals surface area (Å²) < 4.78 is 7.04. The third kappa shape index (κ3) is 2.01. The number of allylic oxidation sites excluding steroid dienone is 2. The van der Waals surface area contributed by atoms with Crippen molar-refractivity contribution in [2.24, 2.45) is 17.3 Å². The van der Waals surface area contributed by atoms with Crippen LogP contribution in [-0.2, 0) is 6.42 Å². The molecule has 0 saturated heterocycles. The Bertz CT molecular complexity index is 606. The van der Waals surface area contributed by atoms with Gasteiger partial charge in [-0.25, -0.2) is 0 Å². The summed E-state index contributed by atoms with van der Waals surface area (Å²) in [7, 11) is 1.77. The molecule has 0 radical (unpaired) electrons. The summed E-state index contributed by atoms with van der Waals surface area (Å²) in [5.41, 5.74) is 3.64. The fourth-order valence-electron chi connectivity index (χ4n) is 5.20. The molecule has 1 nitrogen and oxygen atoms in total. The van der Waals surface area contributed by atoms with Gasteiger partial charge in [-0.2, -0.15) is 0 Å². The van der Waals surface area contributed by atoms with Gasteiger partial charge in [0.05, 0.1) is 7.11 Å². The van der Waals surface area contributed by atoms with Crippen LogP contribution in [0, 0.1) is 17.3 Å². The van der Waals surface area contributed by atoms with E-state index < -0.39 is 0 Å². The van der Waals surface area contributed by atoms with Gasteiger partial charge in [-0.15, -0.1) is 0 Å². The van der Waals surface area contributed by atoms with Crippen molar-refractivity contribution in [1.29, 1.82) is 0 Å². The first-order valence-electron chi connectivity index (χ1n) is 8.16. The predicted molar refractivity (Wildman–Crippen MR) is 95.1 cm³/mol. The Morgan fingerprint density at radius 2 is 2.14 bits per heavy atom. The molecule has 4 rings (SSSR count). The molecule has 3 aliphatic rings. The molecule has 4 atom stereocenters. The van der Waals surface area contributed by atoms with Gasteiger partial charge in [0.1, 0.15) is 5.75 Å². The highest BCUT2D eigenvalue weighted by Gasteiger charge is 2.51. The maximum absolute atomic E-state index is 5.41. The van der Waals surface area contributed by atoms with Gasteiger partial charge in [0, 0.05) is 5.41 Å². The minimum Gasteiger partial charge on any atom is -0.497 e. The predicted octanol–water partition coefficient (Wildman–Crippen LogP) is 5.48. The lowest BCUT2D eigenvalue weighted by Crippen LogP contribution is -2.40. The van der Waals surface area contributed by atoms with E-state index in [0.717, 1.165) is 23.5 Å². The van der Waals surface area contributed by atoms with E-state index in [0.29, 0.717) is 5.41 Å². The van der Waals surface area contributed by atoms with Crippen molar-refractivity contribution in [3.63, 3.8) is 0 Å². The van der Waals surface area contributed by atoms with Crippen LogP contribution in [0.15, 0.2) is 27.9 Å². The fourth-order valence-corrected chi connectivity index (χ4v) is 6.12. The van der Waals surface area contributed by atoms with Gasteiger partial charge >= 0.3 is 0 Å². The molecular formula is C19H23IO. The normalized spacial score (nSPS) is 37.3. The van der Waals surface area contributed by atoms with Crippen LogP contribution < -0.4 is 4.74 Å². The molecule has 2 heteroatoms. The molecule has 1 aromatic carbocycles. The van der Waals surface area contributed by atoms with E-state index in [2.05, 4.69) is 53.8 Å². The van der Waals surface area contributed by atoms with Gasteiger partial charge in [0.15, 0.2) is 0 Å². The molecular weight excluding hydrogens is 371 g/mol. The molecule has 0 aliphatic heterocycles. The SMILES string of the molecule is COc1ccc2c(c1)CC[C@@H]1[C@H]2CC[C@@]2(C)C(I)=CC[C@@H]12. The third-order valence-corrected chi connectivity index (χ3v) is 8.09. The first-order valence-corrected chi connectivity index (χ1v) is 9.24. The van der Waals surface area contributed by atoms with Crippen LogP contribution in [0.25, 0.3) is 0 Å². The minimum absolute atomic E-state index is 0.478. The summed E-state index contributed by atoms with van der Waals surface area (Å²) in [6.45, 7) is 2.52. The highest BCUT2D eigenvalue weighted by Crippen LogP contribution is 2.62. The minimum atomic E-state index is 0.478. The number of aryl methyl sites for hydroxylation is 1. The van der Waals surface area contributed by atoms with Gasteiger partial charge < -0.3 is 4.74 Å². The fraction of sp³-hybridized carbons (Fsp3) is 0.579. The number of ether oxygens (including phenoxy) is 1.